The summed E-state index contributed by atoms with van der Waals surface area (Å²) in [6.45, 7) is 5.12. The molecular weight excluding hydrogens is 368 g/mol. The van der Waals surface area contributed by atoms with Crippen LogP contribution in [0.2, 0.25) is 0 Å². The molecule has 0 unspecified atom stereocenters. The summed E-state index contributed by atoms with van der Waals surface area (Å²) in [5, 5.41) is 0. The van der Waals surface area contributed by atoms with Crippen molar-refractivity contribution in [1.82, 2.24) is 0 Å². The van der Waals surface area contributed by atoms with E-state index in [0.717, 1.165) is 44.5 Å². The smallest absolute Gasteiger partial charge is 0.201 e. The zero-order valence-corrected chi connectivity index (χ0v) is 17.9. The Morgan fingerprint density at radius 3 is 2.69 bits per heavy atom. The van der Waals surface area contributed by atoms with Crippen molar-refractivity contribution in [2.24, 2.45) is 23.7 Å². The van der Waals surface area contributed by atoms with Crippen LogP contribution < -0.4 is 4.74 Å². The van der Waals surface area contributed by atoms with Crippen molar-refractivity contribution < 1.29 is 24.0 Å². The molecule has 5 fully saturated rings. The Kier molecular flexibility index (Phi) is 5.14. The molecule has 5 heteroatoms. The van der Waals surface area contributed by atoms with E-state index in [1.165, 1.54) is 18.4 Å². The first-order valence-electron chi connectivity index (χ1n) is 11.3. The average Bonchev–Trinajstić information content (AvgIpc) is 2.97. The van der Waals surface area contributed by atoms with Gasteiger partial charge in [0.15, 0.2) is 11.9 Å². The van der Waals surface area contributed by atoms with E-state index in [1.54, 1.807) is 7.11 Å². The quantitative estimate of drug-likeness (QED) is 0.657. The van der Waals surface area contributed by atoms with Gasteiger partial charge in [-0.1, -0.05) is 19.1 Å². The Morgan fingerprint density at radius 1 is 1.07 bits per heavy atom. The van der Waals surface area contributed by atoms with Crippen LogP contribution in [0, 0.1) is 23.7 Å². The standard InChI is InChI=1S/C24H34O5/c1-16-7-12-21-18(6-4-5-17-8-10-19(25-3)11-9-17)15-26-22-24(21)20(16)13-14-23(2,27-22)28-29-24/h8-11,16,18,20-22H,4-7,12-15H2,1-3H3/t16-,18+,20+,21+,22-,23+,24-/m1/s1. The van der Waals surface area contributed by atoms with Gasteiger partial charge < -0.3 is 14.2 Å². The lowest BCUT2D eigenvalue weighted by Gasteiger charge is -2.59. The molecular formula is C24H34O5. The van der Waals surface area contributed by atoms with Crippen LogP contribution in [0.5, 0.6) is 5.75 Å². The highest BCUT2D eigenvalue weighted by atomic mass is 17.3. The van der Waals surface area contributed by atoms with E-state index in [9.17, 15) is 0 Å². The van der Waals surface area contributed by atoms with Crippen molar-refractivity contribution in [3.63, 3.8) is 0 Å². The molecule has 1 saturated carbocycles. The molecule has 0 amide bonds. The number of hydrogen-bond acceptors (Lipinski definition) is 5. The number of hydrogen-bond donors (Lipinski definition) is 0. The lowest BCUT2D eigenvalue weighted by Crippen LogP contribution is -2.69. The fourth-order valence-electron chi connectivity index (χ4n) is 6.37. The summed E-state index contributed by atoms with van der Waals surface area (Å²) < 4.78 is 17.9. The molecule has 1 aromatic carbocycles. The number of methoxy groups -OCH3 is 1. The normalized spacial score (nSPS) is 43.5. The summed E-state index contributed by atoms with van der Waals surface area (Å²) in [5.74, 6) is 2.24. The van der Waals surface area contributed by atoms with Gasteiger partial charge in [-0.05, 0) is 80.9 Å². The molecule has 5 nitrogen and oxygen atoms in total. The van der Waals surface area contributed by atoms with Gasteiger partial charge in [0, 0.05) is 12.3 Å². The summed E-state index contributed by atoms with van der Waals surface area (Å²) >= 11 is 0. The Balaban J connectivity index is 1.30. The molecule has 160 valence electrons. The molecule has 5 aliphatic rings. The second-order valence-electron chi connectivity index (χ2n) is 9.74. The number of ether oxygens (including phenoxy) is 3. The lowest BCUT2D eigenvalue weighted by molar-refractivity contribution is -0.567. The van der Waals surface area contributed by atoms with Gasteiger partial charge in [-0.15, -0.1) is 0 Å². The number of aryl methyl sites for hydroxylation is 1. The molecule has 1 spiro atoms. The molecule has 6 rings (SSSR count). The molecule has 2 bridgehead atoms. The monoisotopic (exact) mass is 402 g/mol. The summed E-state index contributed by atoms with van der Waals surface area (Å²) in [4.78, 5) is 12.2. The van der Waals surface area contributed by atoms with E-state index in [2.05, 4.69) is 19.1 Å². The van der Waals surface area contributed by atoms with Crippen LogP contribution in [0.3, 0.4) is 0 Å². The first-order chi connectivity index (χ1) is 14.0. The first-order valence-corrected chi connectivity index (χ1v) is 11.3. The van der Waals surface area contributed by atoms with Gasteiger partial charge in [0.1, 0.15) is 5.75 Å². The van der Waals surface area contributed by atoms with E-state index < -0.39 is 11.4 Å². The maximum atomic E-state index is 6.34. The van der Waals surface area contributed by atoms with Crippen LogP contribution in [0.15, 0.2) is 24.3 Å². The second kappa shape index (κ2) is 7.52. The van der Waals surface area contributed by atoms with Crippen LogP contribution in [0.1, 0.15) is 57.9 Å². The van der Waals surface area contributed by atoms with Gasteiger partial charge in [-0.3, -0.25) is 0 Å². The van der Waals surface area contributed by atoms with E-state index >= 15 is 0 Å². The van der Waals surface area contributed by atoms with Crippen LogP contribution in [-0.2, 0) is 25.7 Å². The summed E-state index contributed by atoms with van der Waals surface area (Å²) in [7, 11) is 1.71. The third kappa shape index (κ3) is 3.31. The molecule has 0 N–H and O–H groups in total. The van der Waals surface area contributed by atoms with Gasteiger partial charge in [-0.25, -0.2) is 9.78 Å². The van der Waals surface area contributed by atoms with Crippen molar-refractivity contribution in [1.29, 1.82) is 0 Å². The molecule has 4 heterocycles. The number of benzene rings is 1. The highest BCUT2D eigenvalue weighted by Gasteiger charge is 2.68. The van der Waals surface area contributed by atoms with Crippen LogP contribution in [-0.4, -0.2) is 31.4 Å². The average molecular weight is 403 g/mol. The highest BCUT2D eigenvalue weighted by molar-refractivity contribution is 5.27. The predicted molar refractivity (Wildman–Crippen MR) is 108 cm³/mol. The third-order valence-corrected chi connectivity index (χ3v) is 8.01. The number of rotatable bonds is 5. The summed E-state index contributed by atoms with van der Waals surface area (Å²) in [6.07, 6.45) is 7.48. The van der Waals surface area contributed by atoms with Gasteiger partial charge in [-0.2, -0.15) is 0 Å². The van der Waals surface area contributed by atoms with Crippen LogP contribution in [0.4, 0.5) is 0 Å². The molecule has 4 aliphatic heterocycles. The Labute approximate surface area is 173 Å². The Hall–Kier alpha value is -1.14. The van der Waals surface area contributed by atoms with E-state index in [1.807, 2.05) is 19.1 Å². The zero-order valence-electron chi connectivity index (χ0n) is 17.9. The van der Waals surface area contributed by atoms with Gasteiger partial charge in [0.05, 0.1) is 13.7 Å². The Bertz CT molecular complexity index is 720. The van der Waals surface area contributed by atoms with E-state index in [0.29, 0.717) is 23.7 Å². The summed E-state index contributed by atoms with van der Waals surface area (Å²) in [5.41, 5.74) is 0.927. The number of fused-ring (bicyclic) bond motifs is 2. The molecule has 7 atom stereocenters. The Morgan fingerprint density at radius 2 is 1.90 bits per heavy atom. The highest BCUT2D eigenvalue weighted by Crippen LogP contribution is 2.60. The minimum Gasteiger partial charge on any atom is -0.497 e. The molecule has 29 heavy (non-hydrogen) atoms. The lowest BCUT2D eigenvalue weighted by atomic mass is 9.57. The SMILES string of the molecule is COc1ccc(CCC[C@H]2CO[C@@H]3O[C@]4(C)CC[C@H]5[C@H](C)CC[C@@H]2[C@@]35OO4)cc1. The van der Waals surface area contributed by atoms with Crippen molar-refractivity contribution >= 4 is 0 Å². The third-order valence-electron chi connectivity index (χ3n) is 8.01. The van der Waals surface area contributed by atoms with Gasteiger partial charge in [0.2, 0.25) is 5.79 Å². The first kappa shape index (κ1) is 19.8. The van der Waals surface area contributed by atoms with Crippen LogP contribution in [0.25, 0.3) is 0 Å². The largest absolute Gasteiger partial charge is 0.497 e. The van der Waals surface area contributed by atoms with Crippen molar-refractivity contribution in [3.8, 4) is 5.75 Å². The topological polar surface area (TPSA) is 46.2 Å². The fourth-order valence-corrected chi connectivity index (χ4v) is 6.37. The van der Waals surface area contributed by atoms with Gasteiger partial charge in [0.25, 0.3) is 0 Å². The maximum Gasteiger partial charge on any atom is 0.201 e. The van der Waals surface area contributed by atoms with Gasteiger partial charge >= 0.3 is 0 Å². The van der Waals surface area contributed by atoms with Crippen LogP contribution >= 0.6 is 0 Å². The minimum absolute atomic E-state index is 0.292. The van der Waals surface area contributed by atoms with E-state index in [-0.39, 0.29) is 6.29 Å². The van der Waals surface area contributed by atoms with Crippen molar-refractivity contribution in [2.45, 2.75) is 76.5 Å². The fraction of sp³-hybridized carbons (Fsp3) is 0.750. The minimum atomic E-state index is -0.668. The maximum absolute atomic E-state index is 6.34. The van der Waals surface area contributed by atoms with Crippen molar-refractivity contribution in [3.05, 3.63) is 29.8 Å². The molecule has 0 aromatic heterocycles. The molecule has 1 aromatic rings. The molecule has 0 radical (unpaired) electrons. The zero-order chi connectivity index (χ0) is 20.1. The predicted octanol–water partition coefficient (Wildman–Crippen LogP) is 4.88. The summed E-state index contributed by atoms with van der Waals surface area (Å²) in [6, 6.07) is 8.42. The molecule has 4 saturated heterocycles. The second-order valence-corrected chi connectivity index (χ2v) is 9.74. The van der Waals surface area contributed by atoms with E-state index in [4.69, 9.17) is 24.0 Å². The van der Waals surface area contributed by atoms with Crippen molar-refractivity contribution in [2.75, 3.05) is 13.7 Å². The molecule has 1 aliphatic carbocycles.